The van der Waals surface area contributed by atoms with Crippen molar-refractivity contribution in [3.8, 4) is 0 Å². The van der Waals surface area contributed by atoms with Gasteiger partial charge < -0.3 is 13.7 Å². The Morgan fingerprint density at radius 3 is 0.682 bits per heavy atom. The Kier molecular flexibility index (Phi) is 17.1. The Bertz CT molecular complexity index is 521. The zero-order valence-corrected chi connectivity index (χ0v) is 12.6. The fourth-order valence-electron chi connectivity index (χ4n) is 0.112. The molecule has 0 aliphatic heterocycles. The first-order chi connectivity index (χ1) is 9.18. The molecule has 0 aromatic heterocycles. The average molecular weight is 434 g/mol. The molecule has 0 unspecified atom stereocenters. The summed E-state index contributed by atoms with van der Waals surface area (Å²) in [6, 6.07) is 0. The third-order valence-corrected chi connectivity index (χ3v) is 1.10. The first kappa shape index (κ1) is 28.6. The van der Waals surface area contributed by atoms with Crippen molar-refractivity contribution in [2.24, 2.45) is 16.0 Å². The average Bonchev–Trinajstić information content (AvgIpc) is 2.12. The molecule has 0 saturated carbocycles. The van der Waals surface area contributed by atoms with Crippen LogP contribution in [0.2, 0.25) is 0 Å². The van der Waals surface area contributed by atoms with Gasteiger partial charge in [0.1, 0.15) is 0 Å². The quantitative estimate of drug-likeness (QED) is 0.136. The van der Waals surface area contributed by atoms with Crippen molar-refractivity contribution < 1.29 is 68.8 Å². The second kappa shape index (κ2) is 13.1. The Morgan fingerprint density at radius 2 is 0.682 bits per heavy atom. The smallest absolute Gasteiger partial charge is 0.714 e. The topological polar surface area (TPSA) is 288 Å². The monoisotopic (exact) mass is 434 g/mol. The summed E-state index contributed by atoms with van der Waals surface area (Å²) in [6.07, 6.45) is 0. The van der Waals surface area contributed by atoms with Gasteiger partial charge in [-0.15, -0.1) is 14.7 Å². The van der Waals surface area contributed by atoms with E-state index < -0.39 is 31.2 Å². The standard InChI is InChI=1S/Fe.3HNO5S/c;3*2-1-6-7(3,4)5/h;3*(H,3,4,5)/q+3;;;/p-3. The predicted octanol–water partition coefficient (Wildman–Crippen LogP) is -2.57. The van der Waals surface area contributed by atoms with Gasteiger partial charge in [0.2, 0.25) is 0 Å². The molecule has 0 spiro atoms. The van der Waals surface area contributed by atoms with Crippen LogP contribution in [0.4, 0.5) is 0 Å². The maximum Gasteiger partial charge on any atom is 3.00 e. The van der Waals surface area contributed by atoms with E-state index in [9.17, 15) is 0 Å². The molecule has 22 heteroatoms. The van der Waals surface area contributed by atoms with E-state index in [4.69, 9.17) is 53.6 Å². The molecule has 0 rings (SSSR count). The Labute approximate surface area is 131 Å². The summed E-state index contributed by atoms with van der Waals surface area (Å²) in [5.41, 5.74) is 0. The zero-order chi connectivity index (χ0) is 17.7. The van der Waals surface area contributed by atoms with E-state index in [1.165, 1.54) is 16.0 Å². The van der Waals surface area contributed by atoms with Crippen LogP contribution in [0.1, 0.15) is 0 Å². The van der Waals surface area contributed by atoms with Crippen molar-refractivity contribution in [2.75, 3.05) is 0 Å². The second-order valence-corrected chi connectivity index (χ2v) is 4.57. The fourth-order valence-corrected chi connectivity index (χ4v) is 0.335. The minimum absolute atomic E-state index is 0. The fraction of sp³-hybridized carbons (Fsp3) is 0. The molecule has 0 bridgehead atoms. The van der Waals surface area contributed by atoms with Gasteiger partial charge in [-0.3, -0.25) is 0 Å². The first-order valence-electron chi connectivity index (χ1n) is 3.10. The van der Waals surface area contributed by atoms with Crippen LogP contribution in [0.15, 0.2) is 16.0 Å². The van der Waals surface area contributed by atoms with Crippen molar-refractivity contribution in [1.29, 1.82) is 0 Å². The van der Waals surface area contributed by atoms with E-state index in [1.807, 2.05) is 0 Å². The van der Waals surface area contributed by atoms with E-state index in [1.54, 1.807) is 0 Å². The summed E-state index contributed by atoms with van der Waals surface area (Å²) < 4.78 is 90.6. The van der Waals surface area contributed by atoms with Gasteiger partial charge in [-0.1, -0.05) is 0 Å². The SMILES string of the molecule is O=NOS(=O)(=O)[O-].O=NOS(=O)(=O)[O-].O=NOS(=O)(=O)[O-].[Fe+3]. The summed E-state index contributed by atoms with van der Waals surface area (Å²) in [4.78, 5) is 26.3. The van der Waals surface area contributed by atoms with Gasteiger partial charge in [0.15, 0.2) is 16.0 Å². The summed E-state index contributed by atoms with van der Waals surface area (Å²) in [5.74, 6) is 0. The van der Waals surface area contributed by atoms with E-state index in [-0.39, 0.29) is 17.1 Å². The third-order valence-electron chi connectivity index (χ3n) is 0.365. The number of rotatable bonds is 6. The van der Waals surface area contributed by atoms with Crippen LogP contribution in [0.5, 0.6) is 0 Å². The first-order valence-corrected chi connectivity index (χ1v) is 7.10. The molecule has 0 N–H and O–H groups in total. The Balaban J connectivity index is -0.000000108. The summed E-state index contributed by atoms with van der Waals surface area (Å²) in [7, 11) is -14.7. The molecule has 0 aromatic carbocycles. The third kappa shape index (κ3) is 51.4. The van der Waals surface area contributed by atoms with Crippen LogP contribution >= 0.6 is 0 Å². The molecule has 0 heterocycles. The van der Waals surface area contributed by atoms with Crippen molar-refractivity contribution in [1.82, 2.24) is 0 Å². The van der Waals surface area contributed by atoms with E-state index >= 15 is 0 Å². The van der Waals surface area contributed by atoms with Crippen molar-refractivity contribution >= 4 is 31.2 Å². The number of hydrogen-bond acceptors (Lipinski definition) is 18. The summed E-state index contributed by atoms with van der Waals surface area (Å²) in [5, 5.41) is 4.07. The zero-order valence-electron chi connectivity index (χ0n) is 9.04. The van der Waals surface area contributed by atoms with Gasteiger partial charge in [0.25, 0.3) is 31.2 Å². The maximum absolute atomic E-state index is 9.16. The van der Waals surface area contributed by atoms with Crippen molar-refractivity contribution in [3.63, 3.8) is 0 Å². The van der Waals surface area contributed by atoms with Gasteiger partial charge in [-0.05, 0) is 0 Å². The minimum Gasteiger partial charge on any atom is -0.714 e. The molecule has 0 aliphatic rings. The van der Waals surface area contributed by atoms with Crippen LogP contribution in [0.3, 0.4) is 0 Å². The van der Waals surface area contributed by atoms with Gasteiger partial charge in [0.05, 0.1) is 0 Å². The van der Waals surface area contributed by atoms with Crippen LogP contribution in [0, 0.1) is 14.7 Å². The minimum atomic E-state index is -4.90. The Morgan fingerprint density at radius 1 is 0.545 bits per heavy atom. The molecular formula is FeN3O15S3. The normalized spacial score (nSPS) is 9.95. The molecule has 18 nitrogen and oxygen atoms in total. The molecule has 0 fully saturated rings. The maximum atomic E-state index is 9.16. The van der Waals surface area contributed by atoms with Gasteiger partial charge in [-0.2, -0.15) is 25.3 Å². The summed E-state index contributed by atoms with van der Waals surface area (Å²) in [6.45, 7) is 0. The van der Waals surface area contributed by atoms with Gasteiger partial charge >= 0.3 is 17.1 Å². The number of hydrogen-bond donors (Lipinski definition) is 0. The molecule has 0 amide bonds. The number of nitrogens with zero attached hydrogens (tertiary/aromatic N) is 3. The molecule has 131 valence electrons. The Hall–Kier alpha value is -1.55. The van der Waals surface area contributed by atoms with Crippen molar-refractivity contribution in [2.45, 2.75) is 0 Å². The van der Waals surface area contributed by atoms with Gasteiger partial charge in [-0.25, -0.2) is 12.9 Å². The van der Waals surface area contributed by atoms with Crippen molar-refractivity contribution in [3.05, 3.63) is 14.7 Å². The van der Waals surface area contributed by atoms with E-state index in [2.05, 4.69) is 12.9 Å². The molecular weight excluding hydrogens is 434 g/mol. The largest absolute Gasteiger partial charge is 3.00 e. The molecule has 0 aliphatic carbocycles. The van der Waals surface area contributed by atoms with Crippen LogP contribution in [0.25, 0.3) is 0 Å². The predicted molar refractivity (Wildman–Crippen MR) is 49.7 cm³/mol. The molecule has 0 aromatic rings. The summed E-state index contributed by atoms with van der Waals surface area (Å²) >= 11 is 0. The van der Waals surface area contributed by atoms with Gasteiger partial charge in [0, 0.05) is 0 Å². The second-order valence-electron chi connectivity index (χ2n) is 1.67. The molecule has 0 atom stereocenters. The van der Waals surface area contributed by atoms with E-state index in [0.29, 0.717) is 0 Å². The molecule has 1 radical (unpaired) electrons. The van der Waals surface area contributed by atoms with Crippen LogP contribution in [-0.2, 0) is 61.1 Å². The van der Waals surface area contributed by atoms with E-state index in [0.717, 1.165) is 0 Å². The molecule has 22 heavy (non-hydrogen) atoms. The van der Waals surface area contributed by atoms with Crippen LogP contribution in [-0.4, -0.2) is 38.9 Å². The van der Waals surface area contributed by atoms with Crippen LogP contribution < -0.4 is 0 Å². The molecule has 0 saturated heterocycles.